The number of amides is 3. The van der Waals surface area contributed by atoms with Gasteiger partial charge in [-0.05, 0) is 50.0 Å². The number of carboxylic acid groups (broad SMARTS) is 1. The number of alkyl carbamates (subject to hydrolysis) is 1. The molecule has 0 aromatic heterocycles. The molecule has 62 heavy (non-hydrogen) atoms. The van der Waals surface area contributed by atoms with Crippen molar-refractivity contribution in [3.8, 4) is 11.1 Å². The molecule has 1 aliphatic carbocycles. The summed E-state index contributed by atoms with van der Waals surface area (Å²) in [6.07, 6.45) is -8.69. The van der Waals surface area contributed by atoms with E-state index in [9.17, 15) is 44.7 Å². The van der Waals surface area contributed by atoms with Gasteiger partial charge < -0.3 is 50.6 Å². The van der Waals surface area contributed by atoms with Crippen LogP contribution in [-0.2, 0) is 23.5 Å². The zero-order chi connectivity index (χ0) is 45.2. The van der Waals surface area contributed by atoms with E-state index in [4.69, 9.17) is 9.16 Å². The highest BCUT2D eigenvalue weighted by Crippen LogP contribution is 2.44. The van der Waals surface area contributed by atoms with Crippen molar-refractivity contribution in [2.45, 2.75) is 94.9 Å². The van der Waals surface area contributed by atoms with Crippen LogP contribution in [0.4, 0.5) is 4.79 Å². The lowest BCUT2D eigenvalue weighted by Gasteiger charge is -2.43. The van der Waals surface area contributed by atoms with Gasteiger partial charge in [-0.1, -0.05) is 144 Å². The molecule has 332 valence electrons. The van der Waals surface area contributed by atoms with Crippen molar-refractivity contribution in [3.05, 3.63) is 120 Å². The average molecular weight is 870 g/mol. The van der Waals surface area contributed by atoms with Crippen LogP contribution in [-0.4, -0.2) is 114 Å². The molecule has 0 aliphatic heterocycles. The van der Waals surface area contributed by atoms with E-state index in [2.05, 4.69) is 16.0 Å². The minimum atomic E-state index is -3.10. The molecule has 3 amide bonds. The van der Waals surface area contributed by atoms with E-state index in [0.717, 1.165) is 32.6 Å². The van der Waals surface area contributed by atoms with Gasteiger partial charge in [0.2, 0.25) is 11.8 Å². The number of aliphatic hydroxyl groups is 4. The number of nitrogens with one attached hydrogen (secondary N) is 3. The maximum Gasteiger partial charge on any atom is 0.407 e. The van der Waals surface area contributed by atoms with Crippen molar-refractivity contribution in [1.29, 1.82) is 0 Å². The molecule has 15 heteroatoms. The SMILES string of the molecule is CC(C)C(NC(=O)OCC1c2ccccc2-c2ccccc21)C(=O)NC(CCC(=O)NCC(O)C(O)C(O)C(O)CO[Si](c1ccccc1)(c1ccccc1)C(C)(C)C)C(=O)O. The van der Waals surface area contributed by atoms with E-state index in [1.54, 1.807) is 13.8 Å². The van der Waals surface area contributed by atoms with Gasteiger partial charge in [-0.3, -0.25) is 9.59 Å². The predicted octanol–water partition coefficient (Wildman–Crippen LogP) is 3.04. The van der Waals surface area contributed by atoms with Crippen molar-refractivity contribution >= 4 is 42.6 Å². The highest BCUT2D eigenvalue weighted by Gasteiger charge is 2.51. The van der Waals surface area contributed by atoms with E-state index in [1.165, 1.54) is 0 Å². The Balaban J connectivity index is 1.10. The highest BCUT2D eigenvalue weighted by molar-refractivity contribution is 6.99. The second-order valence-corrected chi connectivity index (χ2v) is 21.3. The molecule has 0 radical (unpaired) electrons. The van der Waals surface area contributed by atoms with Crippen LogP contribution in [0.5, 0.6) is 0 Å². The molecular weight excluding hydrogens is 811 g/mol. The standard InChI is InChI=1S/C47H59N3O11Si/c1-29(2)41(50-46(59)60-27-36-34-22-14-12-20-32(34)33-21-13-15-23-35(33)36)44(56)49-37(45(57)58)24-25-40(53)48-26-38(51)42(54)43(55)39(52)28-61-62(47(3,4)5,30-16-8-6-9-17-30)31-18-10-7-11-19-31/h6-23,29,36-39,41-43,51-52,54-55H,24-28H2,1-5H3,(H,48,53)(H,49,56)(H,50,59)(H,57,58). The van der Waals surface area contributed by atoms with Gasteiger partial charge in [0.1, 0.15) is 37.0 Å². The van der Waals surface area contributed by atoms with E-state index in [-0.39, 0.29) is 25.6 Å². The maximum atomic E-state index is 13.3. The van der Waals surface area contributed by atoms with Gasteiger partial charge in [0.15, 0.2) is 0 Å². The third kappa shape index (κ3) is 11.1. The second kappa shape index (κ2) is 21.1. The summed E-state index contributed by atoms with van der Waals surface area (Å²) < 4.78 is 12.2. The van der Waals surface area contributed by atoms with E-state index in [0.29, 0.717) is 0 Å². The van der Waals surface area contributed by atoms with E-state index in [1.807, 2.05) is 130 Å². The minimum Gasteiger partial charge on any atom is -0.480 e. The lowest BCUT2D eigenvalue weighted by Crippen LogP contribution is -2.67. The number of ether oxygens (including phenoxy) is 1. The lowest BCUT2D eigenvalue weighted by atomic mass is 9.98. The second-order valence-electron chi connectivity index (χ2n) is 17.0. The molecule has 5 rings (SSSR count). The fraction of sp³-hybridized carbons (Fsp3) is 0.404. The third-order valence-corrected chi connectivity index (χ3v) is 16.4. The molecule has 0 fully saturated rings. The molecular formula is C47H59N3O11Si. The maximum absolute atomic E-state index is 13.3. The zero-order valence-electron chi connectivity index (χ0n) is 35.7. The van der Waals surface area contributed by atoms with Gasteiger partial charge in [0, 0.05) is 18.9 Å². The van der Waals surface area contributed by atoms with Crippen molar-refractivity contribution in [2.75, 3.05) is 19.8 Å². The lowest BCUT2D eigenvalue weighted by molar-refractivity contribution is -0.142. The number of aliphatic carboxylic acids is 1. The molecule has 1 aliphatic rings. The van der Waals surface area contributed by atoms with Crippen LogP contribution in [0.15, 0.2) is 109 Å². The molecule has 4 aromatic carbocycles. The molecule has 4 aromatic rings. The van der Waals surface area contributed by atoms with E-state index < -0.39 is 92.6 Å². The Kier molecular flexibility index (Phi) is 16.2. The summed E-state index contributed by atoms with van der Waals surface area (Å²) in [4.78, 5) is 51.2. The van der Waals surface area contributed by atoms with Crippen LogP contribution >= 0.6 is 0 Å². The molecule has 0 spiro atoms. The van der Waals surface area contributed by atoms with Crippen molar-refractivity contribution < 1.29 is 53.9 Å². The molecule has 0 bridgehead atoms. The van der Waals surface area contributed by atoms with Crippen LogP contribution in [0.1, 0.15) is 64.5 Å². The number of carbonyl (C=O) groups excluding carboxylic acids is 3. The summed E-state index contributed by atoms with van der Waals surface area (Å²) in [6.45, 7) is 8.60. The van der Waals surface area contributed by atoms with Crippen LogP contribution < -0.4 is 26.3 Å². The number of carbonyl (C=O) groups is 4. The molecule has 6 atom stereocenters. The zero-order valence-corrected chi connectivity index (χ0v) is 36.7. The fourth-order valence-corrected chi connectivity index (χ4v) is 12.6. The molecule has 8 N–H and O–H groups in total. The van der Waals surface area contributed by atoms with Crippen LogP contribution in [0, 0.1) is 5.92 Å². The summed E-state index contributed by atoms with van der Waals surface area (Å²) in [5, 5.41) is 62.1. The van der Waals surface area contributed by atoms with Crippen LogP contribution in [0.2, 0.25) is 5.04 Å². The largest absolute Gasteiger partial charge is 0.480 e. The topological polar surface area (TPSA) is 224 Å². The fourth-order valence-electron chi connectivity index (χ4n) is 8.05. The van der Waals surface area contributed by atoms with Crippen molar-refractivity contribution in [1.82, 2.24) is 16.0 Å². The minimum absolute atomic E-state index is 0.0157. The van der Waals surface area contributed by atoms with Gasteiger partial charge in [0.25, 0.3) is 8.32 Å². The number of aliphatic hydroxyl groups excluding tert-OH is 4. The third-order valence-electron chi connectivity index (χ3n) is 11.4. The first-order valence-electron chi connectivity index (χ1n) is 20.8. The Hall–Kier alpha value is -5.42. The van der Waals surface area contributed by atoms with Gasteiger partial charge in [-0.2, -0.15) is 0 Å². The van der Waals surface area contributed by atoms with Gasteiger partial charge in [0.05, 0.1) is 12.7 Å². The Morgan fingerprint density at radius 1 is 0.710 bits per heavy atom. The van der Waals surface area contributed by atoms with Gasteiger partial charge >= 0.3 is 12.1 Å². The number of benzene rings is 4. The molecule has 0 saturated heterocycles. The first-order chi connectivity index (χ1) is 29.5. The Labute approximate surface area is 363 Å². The summed E-state index contributed by atoms with van der Waals surface area (Å²) in [5.74, 6) is -3.57. The van der Waals surface area contributed by atoms with E-state index >= 15 is 0 Å². The van der Waals surface area contributed by atoms with Crippen molar-refractivity contribution in [2.24, 2.45) is 5.92 Å². The summed E-state index contributed by atoms with van der Waals surface area (Å²) in [7, 11) is -3.10. The monoisotopic (exact) mass is 869 g/mol. The smallest absolute Gasteiger partial charge is 0.407 e. The average Bonchev–Trinajstić information content (AvgIpc) is 3.58. The number of hydrogen-bond donors (Lipinski definition) is 8. The Bertz CT molecular complexity index is 2050. The van der Waals surface area contributed by atoms with Crippen molar-refractivity contribution in [3.63, 3.8) is 0 Å². The quantitative estimate of drug-likeness (QED) is 0.0603. The molecule has 6 unspecified atom stereocenters. The first-order valence-corrected chi connectivity index (χ1v) is 22.8. The predicted molar refractivity (Wildman–Crippen MR) is 236 cm³/mol. The number of hydrogen-bond acceptors (Lipinski definition) is 10. The van der Waals surface area contributed by atoms with Crippen LogP contribution in [0.3, 0.4) is 0 Å². The first kappa shape index (κ1) is 47.6. The number of fused-ring (bicyclic) bond motifs is 3. The summed E-state index contributed by atoms with van der Waals surface area (Å²) in [5.41, 5.74) is 4.15. The Morgan fingerprint density at radius 3 is 1.71 bits per heavy atom. The number of carboxylic acids is 1. The summed E-state index contributed by atoms with van der Waals surface area (Å²) >= 11 is 0. The molecule has 0 saturated carbocycles. The Morgan fingerprint density at radius 2 is 1.21 bits per heavy atom. The number of rotatable bonds is 20. The molecule has 14 nitrogen and oxygen atoms in total. The summed E-state index contributed by atoms with van der Waals surface area (Å²) in [6, 6.07) is 32.3. The van der Waals surface area contributed by atoms with Gasteiger partial charge in [-0.15, -0.1) is 0 Å². The normalized spacial score (nSPS) is 15.6. The highest BCUT2D eigenvalue weighted by atomic mass is 28.4. The van der Waals surface area contributed by atoms with Crippen LogP contribution in [0.25, 0.3) is 11.1 Å². The molecule has 0 heterocycles. The van der Waals surface area contributed by atoms with Gasteiger partial charge in [-0.25, -0.2) is 9.59 Å².